The zero-order chi connectivity index (χ0) is 13.6. The van der Waals surface area contributed by atoms with Crippen molar-refractivity contribution in [1.29, 1.82) is 0 Å². The highest BCUT2D eigenvalue weighted by Gasteiger charge is 2.25. The topological polar surface area (TPSA) is 6.48 Å². The molecule has 2 heterocycles. The number of nitrogens with zero attached hydrogens (tertiary/aromatic N) is 2. The van der Waals surface area contributed by atoms with Gasteiger partial charge in [0.25, 0.3) is 0 Å². The van der Waals surface area contributed by atoms with Crippen molar-refractivity contribution in [1.82, 2.24) is 9.80 Å². The maximum absolute atomic E-state index is 2.71. The lowest BCUT2D eigenvalue weighted by molar-refractivity contribution is 0.112. The van der Waals surface area contributed by atoms with Crippen LogP contribution in [0.5, 0.6) is 0 Å². The van der Waals surface area contributed by atoms with E-state index < -0.39 is 0 Å². The van der Waals surface area contributed by atoms with Crippen molar-refractivity contribution in [2.45, 2.75) is 12.5 Å². The second-order valence-corrected chi connectivity index (χ2v) is 6.82. The average molecular weight is 288 g/mol. The molecule has 2 aliphatic heterocycles. The summed E-state index contributed by atoms with van der Waals surface area (Å²) in [5.74, 6) is 2.72. The molecular weight excluding hydrogens is 264 g/mol. The maximum atomic E-state index is 2.71. The number of hydrogen-bond acceptors (Lipinski definition) is 3. The lowest BCUT2D eigenvalue weighted by Gasteiger charge is -2.37. The summed E-state index contributed by atoms with van der Waals surface area (Å²) in [5.41, 5.74) is 1.30. The van der Waals surface area contributed by atoms with Gasteiger partial charge in [-0.2, -0.15) is 11.8 Å². The first-order valence-electron chi connectivity index (χ1n) is 7.67. The predicted octanol–water partition coefficient (Wildman–Crippen LogP) is 2.82. The number of thioether (sulfide) groups is 1. The molecule has 2 fully saturated rings. The van der Waals surface area contributed by atoms with Gasteiger partial charge in [-0.15, -0.1) is 0 Å². The van der Waals surface area contributed by atoms with E-state index >= 15 is 0 Å². The van der Waals surface area contributed by atoms with Crippen LogP contribution in [0.15, 0.2) is 36.4 Å². The summed E-state index contributed by atoms with van der Waals surface area (Å²) in [4.78, 5) is 5.27. The van der Waals surface area contributed by atoms with Crippen molar-refractivity contribution in [3.05, 3.63) is 42.0 Å². The van der Waals surface area contributed by atoms with Crippen LogP contribution in [0.2, 0.25) is 0 Å². The molecule has 2 aliphatic rings. The predicted molar refractivity (Wildman–Crippen MR) is 89.2 cm³/mol. The van der Waals surface area contributed by atoms with Crippen molar-refractivity contribution >= 4 is 17.8 Å². The minimum Gasteiger partial charge on any atom is -0.297 e. The number of benzene rings is 1. The summed E-state index contributed by atoms with van der Waals surface area (Å²) in [6.07, 6.45) is 5.94. The molecule has 0 unspecified atom stereocenters. The Kier molecular flexibility index (Phi) is 5.17. The van der Waals surface area contributed by atoms with Gasteiger partial charge in [0.05, 0.1) is 0 Å². The van der Waals surface area contributed by atoms with E-state index in [2.05, 4.69) is 64.0 Å². The number of piperazine rings is 1. The molecule has 0 spiro atoms. The molecule has 3 heteroatoms. The van der Waals surface area contributed by atoms with Gasteiger partial charge in [-0.05, 0) is 17.7 Å². The number of rotatable bonds is 4. The van der Waals surface area contributed by atoms with Crippen LogP contribution in [-0.2, 0) is 0 Å². The molecule has 0 aliphatic carbocycles. The van der Waals surface area contributed by atoms with Gasteiger partial charge in [0.15, 0.2) is 0 Å². The molecule has 0 saturated carbocycles. The third kappa shape index (κ3) is 3.87. The van der Waals surface area contributed by atoms with E-state index in [4.69, 9.17) is 0 Å². The lowest BCUT2D eigenvalue weighted by Crippen LogP contribution is -2.50. The first-order valence-corrected chi connectivity index (χ1v) is 8.83. The first-order chi connectivity index (χ1) is 9.92. The molecule has 1 aromatic carbocycles. The van der Waals surface area contributed by atoms with Crippen LogP contribution in [-0.4, -0.2) is 60.1 Å². The Morgan fingerprint density at radius 3 is 2.60 bits per heavy atom. The minimum absolute atomic E-state index is 0.863. The van der Waals surface area contributed by atoms with Crippen LogP contribution in [0.1, 0.15) is 12.0 Å². The van der Waals surface area contributed by atoms with Crippen molar-refractivity contribution in [2.24, 2.45) is 0 Å². The zero-order valence-corrected chi connectivity index (χ0v) is 12.9. The SMILES string of the molecule is C(=C\c1ccccc1)/CN1CCN([C@@H]2CCSC2)CC1. The summed E-state index contributed by atoms with van der Waals surface area (Å²) < 4.78 is 0. The molecular formula is C17H24N2S. The van der Waals surface area contributed by atoms with E-state index in [1.165, 1.54) is 49.7 Å². The summed E-state index contributed by atoms with van der Waals surface area (Å²) in [6.45, 7) is 6.04. The van der Waals surface area contributed by atoms with Crippen molar-refractivity contribution in [3.8, 4) is 0 Å². The summed E-state index contributed by atoms with van der Waals surface area (Å²) in [5, 5.41) is 0. The lowest BCUT2D eigenvalue weighted by atomic mass is 10.2. The third-order valence-corrected chi connectivity index (χ3v) is 5.45. The smallest absolute Gasteiger partial charge is 0.0195 e. The Labute approximate surface area is 126 Å². The Balaban J connectivity index is 1.41. The maximum Gasteiger partial charge on any atom is 0.0195 e. The van der Waals surface area contributed by atoms with E-state index in [-0.39, 0.29) is 0 Å². The van der Waals surface area contributed by atoms with E-state index in [1.807, 2.05) is 0 Å². The fourth-order valence-electron chi connectivity index (χ4n) is 3.02. The van der Waals surface area contributed by atoms with Crippen molar-refractivity contribution in [2.75, 3.05) is 44.2 Å². The van der Waals surface area contributed by atoms with E-state index in [0.29, 0.717) is 0 Å². The standard InChI is InChI=1S/C17H24N2S/c1-2-5-16(6-3-1)7-4-9-18-10-12-19(13-11-18)17-8-14-20-15-17/h1-7,17H,8-15H2/b7-4+/t17-/m1/s1. The molecule has 2 saturated heterocycles. The average Bonchev–Trinajstić information content (AvgIpc) is 3.03. The number of hydrogen-bond donors (Lipinski definition) is 0. The Bertz CT molecular complexity index is 418. The highest BCUT2D eigenvalue weighted by atomic mass is 32.2. The van der Waals surface area contributed by atoms with Gasteiger partial charge in [0.1, 0.15) is 0 Å². The van der Waals surface area contributed by atoms with Crippen molar-refractivity contribution in [3.63, 3.8) is 0 Å². The molecule has 0 amide bonds. The van der Waals surface area contributed by atoms with Gasteiger partial charge in [-0.3, -0.25) is 9.80 Å². The highest BCUT2D eigenvalue weighted by Crippen LogP contribution is 2.23. The largest absolute Gasteiger partial charge is 0.297 e. The summed E-state index contributed by atoms with van der Waals surface area (Å²) >= 11 is 2.12. The van der Waals surface area contributed by atoms with Crippen LogP contribution < -0.4 is 0 Å². The van der Waals surface area contributed by atoms with E-state index in [1.54, 1.807) is 0 Å². The first kappa shape index (κ1) is 14.2. The Morgan fingerprint density at radius 2 is 1.90 bits per heavy atom. The quantitative estimate of drug-likeness (QED) is 0.841. The fourth-order valence-corrected chi connectivity index (χ4v) is 4.28. The van der Waals surface area contributed by atoms with Crippen LogP contribution in [0.25, 0.3) is 6.08 Å². The van der Waals surface area contributed by atoms with E-state index in [0.717, 1.165) is 12.6 Å². The van der Waals surface area contributed by atoms with Gasteiger partial charge in [-0.1, -0.05) is 42.5 Å². The summed E-state index contributed by atoms with van der Waals surface area (Å²) in [6, 6.07) is 11.4. The highest BCUT2D eigenvalue weighted by molar-refractivity contribution is 7.99. The summed E-state index contributed by atoms with van der Waals surface area (Å²) in [7, 11) is 0. The van der Waals surface area contributed by atoms with Gasteiger partial charge in [0.2, 0.25) is 0 Å². The second-order valence-electron chi connectivity index (χ2n) is 5.67. The van der Waals surface area contributed by atoms with Crippen LogP contribution >= 0.6 is 11.8 Å². The Hall–Kier alpha value is -0.770. The fraction of sp³-hybridized carbons (Fsp3) is 0.529. The Morgan fingerprint density at radius 1 is 1.10 bits per heavy atom. The molecule has 20 heavy (non-hydrogen) atoms. The molecule has 0 radical (unpaired) electrons. The van der Waals surface area contributed by atoms with Crippen LogP contribution in [0.3, 0.4) is 0 Å². The molecule has 0 N–H and O–H groups in total. The van der Waals surface area contributed by atoms with Gasteiger partial charge in [-0.25, -0.2) is 0 Å². The molecule has 1 atom stereocenters. The molecule has 1 aromatic rings. The third-order valence-electron chi connectivity index (χ3n) is 4.30. The zero-order valence-electron chi connectivity index (χ0n) is 12.1. The minimum atomic E-state index is 0.863. The molecule has 108 valence electrons. The molecule has 2 nitrogen and oxygen atoms in total. The van der Waals surface area contributed by atoms with Crippen LogP contribution in [0.4, 0.5) is 0 Å². The second kappa shape index (κ2) is 7.30. The van der Waals surface area contributed by atoms with Gasteiger partial charge >= 0.3 is 0 Å². The van der Waals surface area contributed by atoms with Gasteiger partial charge in [0, 0.05) is 44.5 Å². The monoisotopic (exact) mass is 288 g/mol. The molecule has 3 rings (SSSR count). The van der Waals surface area contributed by atoms with Crippen molar-refractivity contribution < 1.29 is 0 Å². The van der Waals surface area contributed by atoms with Crippen LogP contribution in [0, 0.1) is 0 Å². The molecule has 0 bridgehead atoms. The van der Waals surface area contributed by atoms with E-state index in [9.17, 15) is 0 Å². The molecule has 0 aromatic heterocycles. The van der Waals surface area contributed by atoms with Gasteiger partial charge < -0.3 is 0 Å². The normalized spacial score (nSPS) is 25.5.